The Labute approximate surface area is 146 Å². The monoisotopic (exact) mass is 374 g/mol. The van der Waals surface area contributed by atoms with Crippen molar-refractivity contribution in [2.45, 2.75) is 32.1 Å². The Bertz CT molecular complexity index is 725. The Morgan fingerprint density at radius 3 is 2.48 bits per heavy atom. The lowest BCUT2D eigenvalue weighted by atomic mass is 9.77. The highest BCUT2D eigenvalue weighted by atomic mass is 79.9. The van der Waals surface area contributed by atoms with Crippen LogP contribution in [0.15, 0.2) is 40.9 Å². The highest BCUT2D eigenvalue weighted by Crippen LogP contribution is 2.55. The number of hydrogen-bond acceptors (Lipinski definition) is 3. The number of methoxy groups -OCH3 is 1. The van der Waals surface area contributed by atoms with Crippen molar-refractivity contribution in [2.75, 3.05) is 24.3 Å². The van der Waals surface area contributed by atoms with Crippen molar-refractivity contribution < 1.29 is 4.74 Å². The van der Waals surface area contributed by atoms with Gasteiger partial charge in [0.2, 0.25) is 0 Å². The van der Waals surface area contributed by atoms with Crippen molar-refractivity contribution >= 4 is 33.0 Å². The Morgan fingerprint density at radius 1 is 1.17 bits per heavy atom. The van der Waals surface area contributed by atoms with Gasteiger partial charge in [-0.3, -0.25) is 0 Å². The lowest BCUT2D eigenvalue weighted by Gasteiger charge is -2.29. The number of benzene rings is 2. The van der Waals surface area contributed by atoms with Crippen LogP contribution in [0.4, 0.5) is 17.1 Å². The van der Waals surface area contributed by atoms with Crippen molar-refractivity contribution in [3.63, 3.8) is 0 Å². The van der Waals surface area contributed by atoms with Crippen LogP contribution in [0.3, 0.4) is 0 Å². The van der Waals surface area contributed by atoms with Gasteiger partial charge in [-0.1, -0.05) is 41.9 Å². The van der Waals surface area contributed by atoms with Crippen molar-refractivity contribution in [1.29, 1.82) is 0 Å². The van der Waals surface area contributed by atoms with E-state index in [4.69, 9.17) is 10.5 Å². The van der Waals surface area contributed by atoms with Gasteiger partial charge in [0.05, 0.1) is 24.2 Å². The number of nitrogens with two attached hydrogens (primary N) is 1. The fourth-order valence-corrected chi connectivity index (χ4v) is 4.45. The van der Waals surface area contributed by atoms with Gasteiger partial charge in [-0.15, -0.1) is 0 Å². The summed E-state index contributed by atoms with van der Waals surface area (Å²) in [5, 5.41) is 0. The predicted molar refractivity (Wildman–Crippen MR) is 101 cm³/mol. The summed E-state index contributed by atoms with van der Waals surface area (Å²) in [7, 11) is 1.73. The molecule has 2 aromatic rings. The van der Waals surface area contributed by atoms with Crippen LogP contribution in [-0.2, 0) is 5.41 Å². The van der Waals surface area contributed by atoms with E-state index in [1.807, 2.05) is 24.3 Å². The number of nitrogens with zero attached hydrogens (tertiary/aromatic N) is 1. The number of rotatable bonds is 4. The van der Waals surface area contributed by atoms with Gasteiger partial charge in [-0.25, -0.2) is 0 Å². The molecule has 0 saturated carbocycles. The third-order valence-corrected chi connectivity index (χ3v) is 5.81. The molecule has 2 aromatic carbocycles. The zero-order valence-corrected chi connectivity index (χ0v) is 15.5. The summed E-state index contributed by atoms with van der Waals surface area (Å²) in [5.74, 6) is 0.898. The zero-order chi connectivity index (χ0) is 16.6. The molecule has 0 unspecified atom stereocenters. The van der Waals surface area contributed by atoms with E-state index in [2.05, 4.69) is 46.8 Å². The molecule has 122 valence electrons. The van der Waals surface area contributed by atoms with Crippen LogP contribution in [0, 0.1) is 0 Å². The molecular weight excluding hydrogens is 352 g/mol. The molecule has 23 heavy (non-hydrogen) atoms. The molecule has 1 aliphatic rings. The average molecular weight is 375 g/mol. The molecule has 3 rings (SSSR count). The molecule has 2 N–H and O–H groups in total. The minimum absolute atomic E-state index is 0.102. The first kappa shape index (κ1) is 16.2. The second-order valence-electron chi connectivity index (χ2n) is 6.11. The maximum atomic E-state index is 6.26. The van der Waals surface area contributed by atoms with Gasteiger partial charge in [0.1, 0.15) is 5.75 Å². The quantitative estimate of drug-likeness (QED) is 0.742. The summed E-state index contributed by atoms with van der Waals surface area (Å²) >= 11 is 3.77. The third-order valence-electron chi connectivity index (χ3n) is 5.15. The van der Waals surface area contributed by atoms with E-state index < -0.39 is 0 Å². The van der Waals surface area contributed by atoms with Crippen LogP contribution in [0.1, 0.15) is 32.3 Å². The smallest absolute Gasteiger partial charge is 0.142 e. The Kier molecular flexibility index (Phi) is 4.28. The molecule has 0 amide bonds. The molecular formula is C19H23BrN2O. The van der Waals surface area contributed by atoms with Crippen molar-refractivity contribution in [2.24, 2.45) is 0 Å². The molecule has 0 bridgehead atoms. The normalized spacial score (nSPS) is 15.6. The van der Waals surface area contributed by atoms with Gasteiger partial charge < -0.3 is 15.4 Å². The molecule has 0 saturated heterocycles. The molecule has 0 atom stereocenters. The zero-order valence-electron chi connectivity index (χ0n) is 13.9. The van der Waals surface area contributed by atoms with Gasteiger partial charge >= 0.3 is 0 Å². The van der Waals surface area contributed by atoms with E-state index in [9.17, 15) is 0 Å². The van der Waals surface area contributed by atoms with Gasteiger partial charge in [-0.05, 0) is 37.1 Å². The summed E-state index contributed by atoms with van der Waals surface area (Å²) in [4.78, 5) is 2.32. The van der Waals surface area contributed by atoms with Crippen LogP contribution in [-0.4, -0.2) is 13.7 Å². The number of ether oxygens (including phenoxy) is 1. The van der Waals surface area contributed by atoms with Crippen LogP contribution < -0.4 is 15.4 Å². The van der Waals surface area contributed by atoms with Gasteiger partial charge in [-0.2, -0.15) is 0 Å². The summed E-state index contributed by atoms with van der Waals surface area (Å²) in [5.41, 5.74) is 10.7. The molecule has 1 heterocycles. The average Bonchev–Trinajstić information content (AvgIpc) is 2.92. The molecule has 0 aliphatic carbocycles. The minimum atomic E-state index is 0.102. The number of fused-ring (bicyclic) bond motifs is 1. The Balaban J connectivity index is 2.29. The maximum Gasteiger partial charge on any atom is 0.142 e. The van der Waals surface area contributed by atoms with Crippen LogP contribution >= 0.6 is 15.9 Å². The number of nitrogen functional groups attached to an aromatic ring is 1. The summed E-state index contributed by atoms with van der Waals surface area (Å²) in [6.45, 7) is 5.44. The standard InChI is InChI=1S/C19H23BrN2O/c1-4-19(5-2)12-22(15-9-7-6-8-14(15)21)18-16(23-3)11-10-13(20)17(18)19/h6-11H,4-5,12,21H2,1-3H3. The van der Waals surface area contributed by atoms with Gasteiger partial charge in [0, 0.05) is 22.0 Å². The number of halogens is 1. The first-order valence-corrected chi connectivity index (χ1v) is 8.86. The lowest BCUT2D eigenvalue weighted by molar-refractivity contribution is 0.415. The first-order valence-electron chi connectivity index (χ1n) is 8.07. The number of anilines is 3. The molecule has 0 radical (unpaired) electrons. The van der Waals surface area contributed by atoms with E-state index in [0.717, 1.165) is 46.7 Å². The fourth-order valence-electron chi connectivity index (χ4n) is 3.71. The Hall–Kier alpha value is -1.68. The highest BCUT2D eigenvalue weighted by molar-refractivity contribution is 9.10. The van der Waals surface area contributed by atoms with Crippen LogP contribution in [0.5, 0.6) is 5.75 Å². The van der Waals surface area contributed by atoms with Gasteiger partial charge in [0.25, 0.3) is 0 Å². The molecule has 0 aromatic heterocycles. The van der Waals surface area contributed by atoms with E-state index >= 15 is 0 Å². The minimum Gasteiger partial charge on any atom is -0.495 e. The topological polar surface area (TPSA) is 38.5 Å². The first-order chi connectivity index (χ1) is 11.1. The SMILES string of the molecule is CCC1(CC)CN(c2ccccc2N)c2c(OC)ccc(Br)c21. The summed E-state index contributed by atoms with van der Waals surface area (Å²) in [6, 6.07) is 12.2. The van der Waals surface area contributed by atoms with E-state index in [1.54, 1.807) is 7.11 Å². The molecule has 0 fully saturated rings. The maximum absolute atomic E-state index is 6.26. The van der Waals surface area contributed by atoms with Crippen LogP contribution in [0.25, 0.3) is 0 Å². The largest absolute Gasteiger partial charge is 0.495 e. The fraction of sp³-hybridized carbons (Fsp3) is 0.368. The summed E-state index contributed by atoms with van der Waals surface area (Å²) in [6.07, 6.45) is 2.15. The molecule has 4 heteroatoms. The second-order valence-corrected chi connectivity index (χ2v) is 6.96. The lowest BCUT2D eigenvalue weighted by Crippen LogP contribution is -2.30. The Morgan fingerprint density at radius 2 is 1.87 bits per heavy atom. The predicted octanol–water partition coefficient (Wildman–Crippen LogP) is 5.25. The molecule has 0 spiro atoms. The van der Waals surface area contributed by atoms with Crippen molar-refractivity contribution in [3.05, 3.63) is 46.4 Å². The van der Waals surface area contributed by atoms with E-state index in [1.165, 1.54) is 5.56 Å². The third kappa shape index (κ3) is 2.40. The van der Waals surface area contributed by atoms with E-state index in [-0.39, 0.29) is 5.41 Å². The van der Waals surface area contributed by atoms with Crippen molar-refractivity contribution in [3.8, 4) is 5.75 Å². The second kappa shape index (κ2) is 6.08. The van der Waals surface area contributed by atoms with Crippen molar-refractivity contribution in [1.82, 2.24) is 0 Å². The summed E-state index contributed by atoms with van der Waals surface area (Å²) < 4.78 is 6.83. The highest BCUT2D eigenvalue weighted by Gasteiger charge is 2.44. The van der Waals surface area contributed by atoms with Gasteiger partial charge in [0.15, 0.2) is 0 Å². The number of hydrogen-bond donors (Lipinski definition) is 1. The van der Waals surface area contributed by atoms with E-state index in [0.29, 0.717) is 0 Å². The number of para-hydroxylation sites is 2. The molecule has 3 nitrogen and oxygen atoms in total. The molecule has 1 aliphatic heterocycles. The van der Waals surface area contributed by atoms with Crippen LogP contribution in [0.2, 0.25) is 0 Å².